The first kappa shape index (κ1) is 27.5. The fourth-order valence-corrected chi connectivity index (χ4v) is 5.33. The van der Waals surface area contributed by atoms with Gasteiger partial charge in [-0.15, -0.1) is 0 Å². The van der Waals surface area contributed by atoms with Gasteiger partial charge >= 0.3 is 0 Å². The molecular weight excluding hydrogens is 561 g/mol. The summed E-state index contributed by atoms with van der Waals surface area (Å²) >= 11 is 5.99. The zero-order chi connectivity index (χ0) is 28.9. The molecule has 1 aromatic carbocycles. The van der Waals surface area contributed by atoms with Crippen molar-refractivity contribution < 1.29 is 17.6 Å². The molecule has 1 amide bonds. The van der Waals surface area contributed by atoms with Gasteiger partial charge in [-0.05, 0) is 55.3 Å². The van der Waals surface area contributed by atoms with Crippen molar-refractivity contribution in [1.82, 2.24) is 24.2 Å². The molecule has 0 radical (unpaired) electrons. The predicted molar refractivity (Wildman–Crippen MR) is 149 cm³/mol. The summed E-state index contributed by atoms with van der Waals surface area (Å²) in [6.07, 6.45) is 0.854. The number of nitrogens with zero attached hydrogens (tertiary/aromatic N) is 5. The number of anilines is 2. The largest absolute Gasteiger partial charge is 0.375 e. The second-order valence-corrected chi connectivity index (χ2v) is 11.8. The van der Waals surface area contributed by atoms with Crippen LogP contribution in [0.3, 0.4) is 0 Å². The van der Waals surface area contributed by atoms with Crippen molar-refractivity contribution >= 4 is 50.1 Å². The van der Waals surface area contributed by atoms with Gasteiger partial charge in [0.15, 0.2) is 5.69 Å². The first-order valence-corrected chi connectivity index (χ1v) is 14.4. The maximum atomic E-state index is 13.8. The number of amides is 1. The molecule has 1 aliphatic rings. The fraction of sp³-hybridized carbons (Fsp3) is 0.269. The Morgan fingerprint density at radius 2 is 1.82 bits per heavy atom. The Kier molecular flexibility index (Phi) is 6.96. The van der Waals surface area contributed by atoms with E-state index in [1.165, 1.54) is 28.8 Å². The van der Waals surface area contributed by atoms with Crippen LogP contribution in [0.5, 0.6) is 0 Å². The van der Waals surface area contributed by atoms with Gasteiger partial charge in [0.25, 0.3) is 11.5 Å². The molecule has 5 rings (SSSR count). The van der Waals surface area contributed by atoms with Crippen LogP contribution in [-0.2, 0) is 30.2 Å². The SMILES string of the molecule is Cc1cc2c(=O)n(C)c(N3Cc4ccc(F)cc4C3)nc2c([C@H](C)Nc2ccc(Cl)nc2C(=O)NS(C)(=O)=O)n1. The third-order valence-corrected chi connectivity index (χ3v) is 7.27. The number of aromatic nitrogens is 4. The minimum Gasteiger partial charge on any atom is -0.375 e. The lowest BCUT2D eigenvalue weighted by Gasteiger charge is -2.22. The second-order valence-electron chi connectivity index (χ2n) is 9.69. The number of hydrogen-bond donors (Lipinski definition) is 2. The molecule has 2 N–H and O–H groups in total. The molecule has 40 heavy (non-hydrogen) atoms. The molecule has 0 saturated carbocycles. The maximum absolute atomic E-state index is 13.8. The lowest BCUT2D eigenvalue weighted by atomic mass is 10.1. The Labute approximate surface area is 234 Å². The van der Waals surface area contributed by atoms with Gasteiger partial charge in [-0.3, -0.25) is 19.1 Å². The summed E-state index contributed by atoms with van der Waals surface area (Å²) in [7, 11) is -2.22. The molecule has 4 aromatic rings. The van der Waals surface area contributed by atoms with Crippen molar-refractivity contribution in [2.75, 3.05) is 16.5 Å². The normalized spacial score (nSPS) is 13.8. The molecule has 1 atom stereocenters. The number of nitrogens with one attached hydrogen (secondary N) is 2. The minimum absolute atomic E-state index is 0.00252. The number of carbonyl (C=O) groups excluding carboxylic acids is 1. The van der Waals surface area contributed by atoms with Gasteiger partial charge in [0.2, 0.25) is 16.0 Å². The molecule has 14 heteroatoms. The molecule has 0 saturated heterocycles. The highest BCUT2D eigenvalue weighted by molar-refractivity contribution is 7.89. The van der Waals surface area contributed by atoms with Crippen LogP contribution in [0.2, 0.25) is 5.15 Å². The van der Waals surface area contributed by atoms with E-state index in [1.54, 1.807) is 33.0 Å². The first-order chi connectivity index (χ1) is 18.8. The highest BCUT2D eigenvalue weighted by atomic mass is 35.5. The maximum Gasteiger partial charge on any atom is 0.285 e. The Bertz CT molecular complexity index is 1860. The average Bonchev–Trinajstić information content (AvgIpc) is 3.28. The van der Waals surface area contributed by atoms with E-state index in [2.05, 4.69) is 15.3 Å². The van der Waals surface area contributed by atoms with Gasteiger partial charge in [-0.1, -0.05) is 17.7 Å². The highest BCUT2D eigenvalue weighted by Gasteiger charge is 2.26. The molecule has 1 aliphatic heterocycles. The molecule has 0 aliphatic carbocycles. The van der Waals surface area contributed by atoms with Gasteiger partial charge in [0, 0.05) is 25.8 Å². The summed E-state index contributed by atoms with van der Waals surface area (Å²) in [6.45, 7) is 4.36. The van der Waals surface area contributed by atoms with Gasteiger partial charge in [0.05, 0.1) is 29.1 Å². The monoisotopic (exact) mass is 585 g/mol. The number of sulfonamides is 1. The smallest absolute Gasteiger partial charge is 0.285 e. The molecule has 0 spiro atoms. The topological polar surface area (TPSA) is 139 Å². The third kappa shape index (κ3) is 5.34. The minimum atomic E-state index is -3.86. The molecule has 0 unspecified atom stereocenters. The van der Waals surface area contributed by atoms with E-state index in [0.29, 0.717) is 41.3 Å². The van der Waals surface area contributed by atoms with Crippen LogP contribution >= 0.6 is 11.6 Å². The number of benzene rings is 1. The van der Waals surface area contributed by atoms with Crippen molar-refractivity contribution in [2.45, 2.75) is 33.0 Å². The van der Waals surface area contributed by atoms with Gasteiger partial charge < -0.3 is 10.2 Å². The quantitative estimate of drug-likeness (QED) is 0.326. The number of fused-ring (bicyclic) bond motifs is 2. The molecule has 3 aromatic heterocycles. The van der Waals surface area contributed by atoms with E-state index >= 15 is 0 Å². The summed E-state index contributed by atoms with van der Waals surface area (Å²) in [6, 6.07) is 8.62. The zero-order valence-electron chi connectivity index (χ0n) is 22.0. The summed E-state index contributed by atoms with van der Waals surface area (Å²) in [5.74, 6) is -0.889. The van der Waals surface area contributed by atoms with Crippen LogP contribution in [0.4, 0.5) is 16.0 Å². The number of aryl methyl sites for hydroxylation is 1. The Hall–Kier alpha value is -4.10. The van der Waals surface area contributed by atoms with E-state index in [9.17, 15) is 22.4 Å². The van der Waals surface area contributed by atoms with Crippen LogP contribution in [0.1, 0.15) is 46.0 Å². The van der Waals surface area contributed by atoms with E-state index in [-0.39, 0.29) is 27.9 Å². The predicted octanol–water partition coefficient (Wildman–Crippen LogP) is 3.21. The van der Waals surface area contributed by atoms with Crippen molar-refractivity contribution in [3.05, 3.63) is 85.9 Å². The molecule has 0 fully saturated rings. The van der Waals surface area contributed by atoms with Crippen molar-refractivity contribution in [2.24, 2.45) is 7.05 Å². The molecule has 208 valence electrons. The van der Waals surface area contributed by atoms with Gasteiger partial charge in [-0.2, -0.15) is 0 Å². The lowest BCUT2D eigenvalue weighted by Crippen LogP contribution is -2.31. The number of carbonyl (C=O) groups is 1. The summed E-state index contributed by atoms with van der Waals surface area (Å²) in [4.78, 5) is 41.5. The Balaban J connectivity index is 1.56. The number of halogens is 2. The van der Waals surface area contributed by atoms with Crippen LogP contribution < -0.4 is 20.5 Å². The van der Waals surface area contributed by atoms with Gasteiger partial charge in [-0.25, -0.2) is 27.5 Å². The average molecular weight is 586 g/mol. The first-order valence-electron chi connectivity index (χ1n) is 12.2. The van der Waals surface area contributed by atoms with E-state index in [1.807, 2.05) is 9.62 Å². The van der Waals surface area contributed by atoms with Crippen molar-refractivity contribution in [3.8, 4) is 0 Å². The van der Waals surface area contributed by atoms with Crippen molar-refractivity contribution in [1.29, 1.82) is 0 Å². The van der Waals surface area contributed by atoms with Crippen LogP contribution in [0, 0.1) is 12.7 Å². The second kappa shape index (κ2) is 10.1. The zero-order valence-corrected chi connectivity index (χ0v) is 23.6. The van der Waals surface area contributed by atoms with Crippen LogP contribution in [0.15, 0.2) is 41.2 Å². The summed E-state index contributed by atoms with van der Waals surface area (Å²) in [5.41, 5.74) is 2.84. The van der Waals surface area contributed by atoms with Crippen LogP contribution in [-0.4, -0.2) is 40.1 Å². The fourth-order valence-electron chi connectivity index (χ4n) is 4.75. The third-order valence-electron chi connectivity index (χ3n) is 6.50. The van der Waals surface area contributed by atoms with Crippen molar-refractivity contribution in [3.63, 3.8) is 0 Å². The molecular formula is C26H25ClFN7O4S. The van der Waals surface area contributed by atoms with Crippen LogP contribution in [0.25, 0.3) is 10.9 Å². The number of pyridine rings is 2. The molecule has 4 heterocycles. The van der Waals surface area contributed by atoms with E-state index < -0.39 is 22.0 Å². The number of hydrogen-bond acceptors (Lipinski definition) is 9. The van der Waals surface area contributed by atoms with E-state index in [4.69, 9.17) is 16.6 Å². The molecule has 0 bridgehead atoms. The molecule has 11 nitrogen and oxygen atoms in total. The van der Waals surface area contributed by atoms with E-state index in [0.717, 1.165) is 17.4 Å². The standard InChI is InChI=1S/C26H25ClFN7O4S/c1-13-9-18-22(32-26(34(3)25(18)37)35-11-15-5-6-17(28)10-16(15)12-35)21(29-13)14(2)30-19-7-8-20(27)31-23(19)24(36)33-40(4,38)39/h5-10,14,30H,11-12H2,1-4H3,(H,33,36)/t14-/m0/s1. The Morgan fingerprint density at radius 1 is 1.10 bits per heavy atom. The Morgan fingerprint density at radius 3 is 2.55 bits per heavy atom. The summed E-state index contributed by atoms with van der Waals surface area (Å²) in [5, 5.41) is 3.49. The number of rotatable bonds is 6. The lowest BCUT2D eigenvalue weighted by molar-refractivity contribution is 0.0977. The van der Waals surface area contributed by atoms with Gasteiger partial charge in [0.1, 0.15) is 16.5 Å². The highest BCUT2D eigenvalue weighted by Crippen LogP contribution is 2.30. The summed E-state index contributed by atoms with van der Waals surface area (Å²) < 4.78 is 40.4.